The molecule has 11 nitrogen and oxygen atoms in total. The van der Waals surface area contributed by atoms with Crippen LogP contribution in [0.3, 0.4) is 0 Å². The number of non-ortho nitro benzene ring substituents is 1. The molecule has 0 aliphatic rings. The van der Waals surface area contributed by atoms with Crippen molar-refractivity contribution >= 4 is 33.1 Å². The summed E-state index contributed by atoms with van der Waals surface area (Å²) < 4.78 is 32.0. The highest BCUT2D eigenvalue weighted by Gasteiger charge is 2.34. The van der Waals surface area contributed by atoms with Gasteiger partial charge in [0.1, 0.15) is 6.54 Å². The highest BCUT2D eigenvalue weighted by molar-refractivity contribution is 7.93. The fraction of sp³-hybridized carbons (Fsp3) is 0.235. The molecule has 0 heterocycles. The number of hydrogen-bond acceptors (Lipinski definition) is 8. The maximum atomic E-state index is 13.2. The zero-order chi connectivity index (χ0) is 21.8. The van der Waals surface area contributed by atoms with Crippen LogP contribution in [0.15, 0.2) is 47.4 Å². The van der Waals surface area contributed by atoms with E-state index in [9.17, 15) is 33.4 Å². The van der Waals surface area contributed by atoms with Gasteiger partial charge in [-0.15, -0.1) is 0 Å². The first-order valence-corrected chi connectivity index (χ1v) is 9.70. The van der Waals surface area contributed by atoms with Gasteiger partial charge in [-0.1, -0.05) is 12.1 Å². The summed E-state index contributed by atoms with van der Waals surface area (Å²) >= 11 is 0. The summed E-state index contributed by atoms with van der Waals surface area (Å²) in [7, 11) is -4.58. The van der Waals surface area contributed by atoms with Gasteiger partial charge < -0.3 is 4.74 Å². The van der Waals surface area contributed by atoms with Gasteiger partial charge in [0.2, 0.25) is 0 Å². The van der Waals surface area contributed by atoms with E-state index in [0.29, 0.717) is 4.31 Å². The Labute approximate surface area is 165 Å². The number of anilines is 1. The smallest absolute Gasteiger partial charge is 0.326 e. The van der Waals surface area contributed by atoms with Gasteiger partial charge in [0.05, 0.1) is 22.1 Å². The van der Waals surface area contributed by atoms with Crippen molar-refractivity contribution in [1.82, 2.24) is 0 Å². The minimum absolute atomic E-state index is 0.00253. The molecule has 0 bridgehead atoms. The van der Waals surface area contributed by atoms with E-state index in [1.807, 2.05) is 0 Å². The van der Waals surface area contributed by atoms with Crippen LogP contribution in [0.5, 0.6) is 0 Å². The average molecular weight is 423 g/mol. The molecule has 12 heteroatoms. The molecule has 0 aliphatic heterocycles. The number of nitro benzene ring substituents is 2. The van der Waals surface area contributed by atoms with Crippen LogP contribution in [0.1, 0.15) is 12.5 Å². The molecular weight excluding hydrogens is 406 g/mol. The standard InChI is InChI=1S/C17H17N3O8S/c1-3-28-17(21)11-18(14-9-8-13(19(22)23)10-12(14)2)29(26,27)16-7-5-4-6-15(16)20(24)25/h4-10H,3,11H2,1-2H3. The number of sulfonamides is 1. The summed E-state index contributed by atoms with van der Waals surface area (Å²) in [4.78, 5) is 32.2. The Morgan fingerprint density at radius 1 is 1.10 bits per heavy atom. The molecule has 2 rings (SSSR count). The van der Waals surface area contributed by atoms with Crippen molar-refractivity contribution in [3.8, 4) is 0 Å². The summed E-state index contributed by atoms with van der Waals surface area (Å²) in [6, 6.07) is 8.08. The van der Waals surface area contributed by atoms with Crippen molar-refractivity contribution in [3.05, 3.63) is 68.3 Å². The molecule has 0 amide bonds. The first-order chi connectivity index (χ1) is 13.6. The number of ether oxygens (including phenoxy) is 1. The summed E-state index contributed by atoms with van der Waals surface area (Å²) in [5.41, 5.74) is -0.793. The molecule has 0 saturated heterocycles. The van der Waals surface area contributed by atoms with E-state index in [-0.39, 0.29) is 23.5 Å². The van der Waals surface area contributed by atoms with Crippen LogP contribution in [-0.4, -0.2) is 37.4 Å². The highest BCUT2D eigenvalue weighted by Crippen LogP contribution is 2.32. The number of aryl methyl sites for hydroxylation is 1. The number of hydrogen-bond donors (Lipinski definition) is 0. The Morgan fingerprint density at radius 3 is 2.31 bits per heavy atom. The number of rotatable bonds is 8. The predicted molar refractivity (Wildman–Crippen MR) is 102 cm³/mol. The summed E-state index contributed by atoms with van der Waals surface area (Å²) in [6.45, 7) is 2.20. The molecule has 0 aliphatic carbocycles. The third-order valence-corrected chi connectivity index (χ3v) is 5.68. The Bertz CT molecular complexity index is 1070. The van der Waals surface area contributed by atoms with E-state index in [4.69, 9.17) is 4.74 Å². The van der Waals surface area contributed by atoms with Crippen molar-refractivity contribution < 1.29 is 27.8 Å². The zero-order valence-corrected chi connectivity index (χ0v) is 16.3. The Kier molecular flexibility index (Phi) is 6.49. The number of para-hydroxylation sites is 1. The summed E-state index contributed by atoms with van der Waals surface area (Å²) in [5.74, 6) is -0.882. The topological polar surface area (TPSA) is 150 Å². The SMILES string of the molecule is CCOC(=O)CN(c1ccc([N+](=O)[O-])cc1C)S(=O)(=O)c1ccccc1[N+](=O)[O-]. The van der Waals surface area contributed by atoms with Gasteiger partial charge in [-0.3, -0.25) is 29.3 Å². The lowest BCUT2D eigenvalue weighted by Crippen LogP contribution is -2.37. The lowest BCUT2D eigenvalue weighted by atomic mass is 10.2. The van der Waals surface area contributed by atoms with Crippen LogP contribution in [0.4, 0.5) is 17.1 Å². The number of nitrogens with zero attached hydrogens (tertiary/aromatic N) is 3. The van der Waals surface area contributed by atoms with E-state index < -0.39 is 43.0 Å². The van der Waals surface area contributed by atoms with Gasteiger partial charge in [-0.2, -0.15) is 0 Å². The monoisotopic (exact) mass is 423 g/mol. The number of benzene rings is 2. The molecule has 0 radical (unpaired) electrons. The third kappa shape index (κ3) is 4.66. The van der Waals surface area contributed by atoms with Crippen LogP contribution in [0.2, 0.25) is 0 Å². The minimum Gasteiger partial charge on any atom is -0.465 e. The van der Waals surface area contributed by atoms with Crippen molar-refractivity contribution in [3.63, 3.8) is 0 Å². The van der Waals surface area contributed by atoms with Crippen molar-refractivity contribution in [2.45, 2.75) is 18.7 Å². The molecule has 29 heavy (non-hydrogen) atoms. The number of nitro groups is 2. The van der Waals surface area contributed by atoms with Crippen LogP contribution < -0.4 is 4.31 Å². The van der Waals surface area contributed by atoms with E-state index in [1.165, 1.54) is 32.0 Å². The number of carbonyl (C=O) groups excluding carboxylic acids is 1. The van der Waals surface area contributed by atoms with E-state index in [1.54, 1.807) is 0 Å². The Morgan fingerprint density at radius 2 is 1.76 bits per heavy atom. The van der Waals surface area contributed by atoms with Gasteiger partial charge in [-0.05, 0) is 31.5 Å². The molecule has 0 fully saturated rings. The van der Waals surface area contributed by atoms with E-state index >= 15 is 0 Å². The quantitative estimate of drug-likeness (QED) is 0.357. The highest BCUT2D eigenvalue weighted by atomic mass is 32.2. The Hall–Kier alpha value is -3.54. The van der Waals surface area contributed by atoms with Gasteiger partial charge >= 0.3 is 5.97 Å². The molecule has 0 unspecified atom stereocenters. The van der Waals surface area contributed by atoms with Crippen molar-refractivity contribution in [2.24, 2.45) is 0 Å². The Balaban J connectivity index is 2.67. The van der Waals surface area contributed by atoms with Crippen LogP contribution in [0, 0.1) is 27.2 Å². The maximum absolute atomic E-state index is 13.2. The largest absolute Gasteiger partial charge is 0.465 e. The zero-order valence-electron chi connectivity index (χ0n) is 15.5. The minimum atomic E-state index is -4.58. The molecule has 154 valence electrons. The van der Waals surface area contributed by atoms with Gasteiger partial charge in [0.25, 0.3) is 21.4 Å². The fourth-order valence-corrected chi connectivity index (χ4v) is 4.24. The van der Waals surface area contributed by atoms with Crippen LogP contribution in [-0.2, 0) is 19.6 Å². The first-order valence-electron chi connectivity index (χ1n) is 8.26. The molecule has 2 aromatic carbocycles. The predicted octanol–water partition coefficient (Wildman–Crippen LogP) is 2.57. The van der Waals surface area contributed by atoms with E-state index in [0.717, 1.165) is 24.3 Å². The maximum Gasteiger partial charge on any atom is 0.326 e. The first kappa shape index (κ1) is 21.8. The second kappa shape index (κ2) is 8.65. The summed E-state index contributed by atoms with van der Waals surface area (Å²) in [5, 5.41) is 22.3. The van der Waals surface area contributed by atoms with Crippen LogP contribution in [0.25, 0.3) is 0 Å². The fourth-order valence-electron chi connectivity index (χ4n) is 2.60. The molecule has 0 saturated carbocycles. The van der Waals surface area contributed by atoms with E-state index in [2.05, 4.69) is 0 Å². The molecular formula is C17H17N3O8S. The van der Waals surface area contributed by atoms with Crippen molar-refractivity contribution in [2.75, 3.05) is 17.5 Å². The lowest BCUT2D eigenvalue weighted by molar-refractivity contribution is -0.387. The second-order valence-corrected chi connectivity index (χ2v) is 7.60. The number of carbonyl (C=O) groups is 1. The molecule has 0 spiro atoms. The molecule has 0 aromatic heterocycles. The van der Waals surface area contributed by atoms with Gasteiger partial charge in [-0.25, -0.2) is 8.42 Å². The molecule has 2 aromatic rings. The molecule has 0 atom stereocenters. The second-order valence-electron chi connectivity index (χ2n) is 5.77. The van der Waals surface area contributed by atoms with Gasteiger partial charge in [0.15, 0.2) is 4.90 Å². The number of esters is 1. The lowest BCUT2D eigenvalue weighted by Gasteiger charge is -2.24. The summed E-state index contributed by atoms with van der Waals surface area (Å²) in [6.07, 6.45) is 0. The van der Waals surface area contributed by atoms with Crippen LogP contribution >= 0.6 is 0 Å². The van der Waals surface area contributed by atoms with Crippen molar-refractivity contribution in [1.29, 1.82) is 0 Å². The average Bonchev–Trinajstić information content (AvgIpc) is 2.66. The normalized spacial score (nSPS) is 11.0. The third-order valence-electron chi connectivity index (χ3n) is 3.87. The van der Waals surface area contributed by atoms with Gasteiger partial charge in [0, 0.05) is 18.2 Å². The molecule has 0 N–H and O–H groups in total.